The average Bonchev–Trinajstić information content (AvgIpc) is 2.16. The topological polar surface area (TPSA) is 67.8 Å². The number of carbonyl (C=O) groups is 1. The zero-order chi connectivity index (χ0) is 10.6. The fourth-order valence-corrected chi connectivity index (χ4v) is 1.33. The van der Waals surface area contributed by atoms with Crippen molar-refractivity contribution in [3.05, 3.63) is 34.9 Å². The molecule has 3 N–H and O–H groups in total. The summed E-state index contributed by atoms with van der Waals surface area (Å²) < 4.78 is 0. The van der Waals surface area contributed by atoms with Gasteiger partial charge < -0.3 is 15.6 Å². The third-order valence-electron chi connectivity index (χ3n) is 2.08. The van der Waals surface area contributed by atoms with Crippen LogP contribution in [-0.2, 0) is 11.2 Å². The van der Waals surface area contributed by atoms with Gasteiger partial charge in [0.25, 0.3) is 0 Å². The Morgan fingerprint density at radius 2 is 2.00 bits per heavy atom. The van der Waals surface area contributed by atoms with Crippen molar-refractivity contribution in [2.24, 2.45) is 5.92 Å². The Bertz CT molecular complexity index is 310. The molecule has 0 heterocycles. The van der Waals surface area contributed by atoms with Crippen molar-refractivity contribution in [3.8, 4) is 0 Å². The Balaban J connectivity index is 2.67. The first-order chi connectivity index (χ1) is 6.63. The molecule has 1 aromatic rings. The van der Waals surface area contributed by atoms with Crippen LogP contribution < -0.4 is 10.8 Å². The summed E-state index contributed by atoms with van der Waals surface area (Å²) in [6.07, 6.45) is 0.447. The van der Waals surface area contributed by atoms with Crippen molar-refractivity contribution in [1.29, 1.82) is 0 Å². The number of halogens is 1. The molecule has 0 aliphatic rings. The van der Waals surface area contributed by atoms with Crippen molar-refractivity contribution in [3.63, 3.8) is 0 Å². The van der Waals surface area contributed by atoms with E-state index in [0.717, 1.165) is 5.56 Å². The lowest BCUT2D eigenvalue weighted by molar-refractivity contribution is -0.387. The van der Waals surface area contributed by atoms with Gasteiger partial charge in [-0.3, -0.25) is 0 Å². The molecule has 1 aromatic carbocycles. The summed E-state index contributed by atoms with van der Waals surface area (Å²) in [5, 5.41) is 11.3. The van der Waals surface area contributed by atoms with E-state index in [-0.39, 0.29) is 0 Å². The van der Waals surface area contributed by atoms with E-state index < -0.39 is 11.9 Å². The van der Waals surface area contributed by atoms with E-state index in [1.165, 1.54) is 0 Å². The molecule has 0 aliphatic carbocycles. The maximum atomic E-state index is 10.6. The van der Waals surface area contributed by atoms with E-state index in [1.807, 2.05) is 12.1 Å². The summed E-state index contributed by atoms with van der Waals surface area (Å²) in [6, 6.07) is 7.11. The highest BCUT2D eigenvalue weighted by molar-refractivity contribution is 6.30. The van der Waals surface area contributed by atoms with Crippen molar-refractivity contribution in [2.45, 2.75) is 6.42 Å². The summed E-state index contributed by atoms with van der Waals surface area (Å²) in [6.45, 7) is 0.338. The molecule has 0 fully saturated rings. The molecule has 0 unspecified atom stereocenters. The lowest BCUT2D eigenvalue weighted by Crippen LogP contribution is -2.57. The summed E-state index contributed by atoms with van der Waals surface area (Å²) in [5.41, 5.74) is 4.51. The molecular formula is C10H12ClNO2. The number of carboxylic acids is 1. The number of quaternary nitrogens is 1. The second-order valence-electron chi connectivity index (χ2n) is 3.14. The zero-order valence-corrected chi connectivity index (χ0v) is 8.46. The van der Waals surface area contributed by atoms with Crippen LogP contribution in [0.25, 0.3) is 0 Å². The van der Waals surface area contributed by atoms with Gasteiger partial charge in [0.1, 0.15) is 0 Å². The molecule has 1 rings (SSSR count). The highest BCUT2D eigenvalue weighted by Crippen LogP contribution is 2.12. The SMILES string of the molecule is [NH3+]C[C@@H](Cc1ccc(Cl)cc1)C(=O)[O-]. The predicted molar refractivity (Wildman–Crippen MR) is 51.4 cm³/mol. The first-order valence-electron chi connectivity index (χ1n) is 4.38. The molecule has 0 amide bonds. The minimum absolute atomic E-state index is 0.338. The van der Waals surface area contributed by atoms with Crippen LogP contribution in [0.3, 0.4) is 0 Å². The van der Waals surface area contributed by atoms with Crippen LogP contribution in [0.1, 0.15) is 5.56 Å². The largest absolute Gasteiger partial charge is 0.550 e. The molecule has 0 saturated heterocycles. The van der Waals surface area contributed by atoms with Gasteiger partial charge in [-0.2, -0.15) is 0 Å². The molecule has 0 aliphatic heterocycles. The van der Waals surface area contributed by atoms with Gasteiger partial charge in [-0.1, -0.05) is 23.7 Å². The van der Waals surface area contributed by atoms with Crippen molar-refractivity contribution in [2.75, 3.05) is 6.54 Å². The quantitative estimate of drug-likeness (QED) is 0.732. The van der Waals surface area contributed by atoms with Crippen molar-refractivity contribution < 1.29 is 15.6 Å². The summed E-state index contributed by atoms with van der Waals surface area (Å²) in [4.78, 5) is 10.6. The molecule has 0 bridgehead atoms. The van der Waals surface area contributed by atoms with Crippen LogP contribution in [0.2, 0.25) is 5.02 Å². The number of carbonyl (C=O) groups excluding carboxylic acids is 1. The summed E-state index contributed by atoms with van der Waals surface area (Å²) in [7, 11) is 0. The van der Waals surface area contributed by atoms with E-state index in [4.69, 9.17) is 11.6 Å². The minimum Gasteiger partial charge on any atom is -0.550 e. The normalized spacial score (nSPS) is 12.4. The molecular weight excluding hydrogens is 202 g/mol. The summed E-state index contributed by atoms with van der Waals surface area (Å²) in [5.74, 6) is -1.56. The Hall–Kier alpha value is -1.06. The lowest BCUT2D eigenvalue weighted by atomic mass is 10.00. The highest BCUT2D eigenvalue weighted by Gasteiger charge is 2.10. The van der Waals surface area contributed by atoms with Gasteiger partial charge in [-0.25, -0.2) is 0 Å². The number of aliphatic carboxylic acids is 1. The Morgan fingerprint density at radius 3 is 2.43 bits per heavy atom. The van der Waals surface area contributed by atoms with Gasteiger partial charge >= 0.3 is 0 Å². The number of hydrogen-bond acceptors (Lipinski definition) is 2. The standard InChI is InChI=1S/C10H12ClNO2/c11-9-3-1-7(2-4-9)5-8(6-12)10(13)14/h1-4,8H,5-6,12H2,(H,13,14)/t8-/m1/s1. The van der Waals surface area contributed by atoms with Crippen LogP contribution in [0.5, 0.6) is 0 Å². The van der Waals surface area contributed by atoms with E-state index in [2.05, 4.69) is 5.73 Å². The predicted octanol–water partition coefficient (Wildman–Crippen LogP) is -0.510. The molecule has 0 spiro atoms. The van der Waals surface area contributed by atoms with Crippen LogP contribution in [0, 0.1) is 5.92 Å². The van der Waals surface area contributed by atoms with Crippen LogP contribution in [-0.4, -0.2) is 12.5 Å². The molecule has 0 aromatic heterocycles. The second-order valence-corrected chi connectivity index (χ2v) is 3.57. The average molecular weight is 214 g/mol. The van der Waals surface area contributed by atoms with Crippen molar-refractivity contribution >= 4 is 17.6 Å². The van der Waals surface area contributed by atoms with Gasteiger partial charge in [0, 0.05) is 5.02 Å². The third kappa shape index (κ3) is 3.01. The highest BCUT2D eigenvalue weighted by atomic mass is 35.5. The molecule has 0 radical (unpaired) electrons. The van der Waals surface area contributed by atoms with Gasteiger partial charge in [-0.05, 0) is 24.1 Å². The van der Waals surface area contributed by atoms with Crippen LogP contribution >= 0.6 is 11.6 Å². The van der Waals surface area contributed by atoms with Gasteiger partial charge in [-0.15, -0.1) is 0 Å². The Labute approximate surface area is 87.5 Å². The van der Waals surface area contributed by atoms with Gasteiger partial charge in [0.15, 0.2) is 0 Å². The fourth-order valence-electron chi connectivity index (χ4n) is 1.21. The first-order valence-corrected chi connectivity index (χ1v) is 4.76. The van der Waals surface area contributed by atoms with E-state index in [0.29, 0.717) is 18.0 Å². The monoisotopic (exact) mass is 213 g/mol. The number of benzene rings is 1. The number of hydrogen-bond donors (Lipinski definition) is 1. The Morgan fingerprint density at radius 1 is 1.43 bits per heavy atom. The van der Waals surface area contributed by atoms with Crippen LogP contribution in [0.15, 0.2) is 24.3 Å². The fraction of sp³-hybridized carbons (Fsp3) is 0.300. The number of carboxylic acid groups (broad SMARTS) is 1. The first kappa shape index (κ1) is 11.0. The number of rotatable bonds is 4. The molecule has 3 nitrogen and oxygen atoms in total. The maximum Gasteiger partial charge on any atom is 0.0824 e. The molecule has 0 saturated carbocycles. The second kappa shape index (κ2) is 4.98. The molecule has 4 heteroatoms. The minimum atomic E-state index is -1.05. The van der Waals surface area contributed by atoms with E-state index in [9.17, 15) is 9.90 Å². The molecule has 76 valence electrons. The lowest BCUT2D eigenvalue weighted by Gasteiger charge is -2.13. The molecule has 14 heavy (non-hydrogen) atoms. The Kier molecular flexibility index (Phi) is 3.92. The van der Waals surface area contributed by atoms with Crippen LogP contribution in [0.4, 0.5) is 0 Å². The molecule has 1 atom stereocenters. The zero-order valence-electron chi connectivity index (χ0n) is 7.70. The van der Waals surface area contributed by atoms with E-state index >= 15 is 0 Å². The smallest absolute Gasteiger partial charge is 0.0824 e. The third-order valence-corrected chi connectivity index (χ3v) is 2.33. The van der Waals surface area contributed by atoms with Gasteiger partial charge in [0.2, 0.25) is 0 Å². The van der Waals surface area contributed by atoms with E-state index in [1.54, 1.807) is 12.1 Å². The van der Waals surface area contributed by atoms with Crippen molar-refractivity contribution in [1.82, 2.24) is 0 Å². The summed E-state index contributed by atoms with van der Waals surface area (Å²) >= 11 is 5.70. The maximum absolute atomic E-state index is 10.6. The van der Waals surface area contributed by atoms with Gasteiger partial charge in [0.05, 0.1) is 18.4 Å².